The topological polar surface area (TPSA) is 487 Å². The van der Waals surface area contributed by atoms with Crippen molar-refractivity contribution in [2.45, 2.75) is 194 Å². The molecule has 0 radical (unpaired) electrons. The lowest BCUT2D eigenvalue weighted by Crippen LogP contribution is -2.63. The van der Waals surface area contributed by atoms with Gasteiger partial charge in [0.1, 0.15) is 48.3 Å². The van der Waals surface area contributed by atoms with Crippen molar-refractivity contribution in [3.63, 3.8) is 0 Å². The number of unbranched alkanes of at least 4 members (excludes halogenated alkanes) is 1. The highest BCUT2D eigenvalue weighted by Gasteiger charge is 2.37. The smallest absolute Gasteiger partial charge is 0.245 e. The zero-order valence-corrected chi connectivity index (χ0v) is 49.4. The van der Waals surface area contributed by atoms with Crippen molar-refractivity contribution in [2.24, 2.45) is 46.6 Å². The van der Waals surface area contributed by atoms with Crippen molar-refractivity contribution in [1.82, 2.24) is 53.2 Å². The van der Waals surface area contributed by atoms with Crippen molar-refractivity contribution in [3.05, 3.63) is 0 Å². The van der Waals surface area contributed by atoms with Crippen LogP contribution in [-0.2, 0) is 62.3 Å². The fourth-order valence-electron chi connectivity index (χ4n) is 7.61. The van der Waals surface area contributed by atoms with Gasteiger partial charge >= 0.3 is 0 Å². The maximum absolute atomic E-state index is 13.8. The largest absolute Gasteiger partial charge is 0.394 e. The van der Waals surface area contributed by atoms with Gasteiger partial charge < -0.3 is 86.3 Å². The second-order valence-corrected chi connectivity index (χ2v) is 22.6. The normalized spacial score (nSPS) is 15.4. The molecule has 0 bridgehead atoms. The Kier molecular flexibility index (Phi) is 35.2. The molecule has 0 spiro atoms. The number of aliphatic hydroxyl groups is 2. The van der Waals surface area contributed by atoms with Gasteiger partial charge in [-0.25, -0.2) is 0 Å². The summed E-state index contributed by atoms with van der Waals surface area (Å²) in [5, 5.41) is 44.5. The number of aliphatic hydroxyl groups excluding tert-OH is 2. The van der Waals surface area contributed by atoms with Crippen LogP contribution in [0.5, 0.6) is 0 Å². The minimum Gasteiger partial charge on any atom is -0.394 e. The predicted octanol–water partition coefficient (Wildman–Crippen LogP) is -4.86. The number of primary amides is 2. The number of amides is 12. The molecule has 0 heterocycles. The summed E-state index contributed by atoms with van der Waals surface area (Å²) in [7, 11) is 0. The lowest BCUT2D eigenvalue weighted by Gasteiger charge is -2.29. The van der Waals surface area contributed by atoms with Gasteiger partial charge in [-0.2, -0.15) is 0 Å². The molecule has 30 heteroatoms. The van der Waals surface area contributed by atoms with E-state index in [1.807, 2.05) is 27.7 Å². The molecule has 0 aliphatic heterocycles. The number of nitrogens with one attached hydrogen (secondary N) is 10. The standard InChI is InChI=1S/C51H92N14O15S/c1-24(2)18-31(53)44(73)60-32(14-12-13-16-52)46(75)61-35(21-37(54)68)47(76)65-41(30(11)67)50(79)63-36(23-66)48(77)64-40(27(7)8)49(78)62-34(20-26(5)6)45(74)56-22-39(70)57-28(9)43(72)58-29(10)51(80)81-17-15-38(69)59-33(42(55)71)19-25(3)4/h24-36,40-41,66-67H,12-23,52-53H2,1-11H3,(H2,54,68)(H2,55,71)(H,56,74)(H,57,70)(H,58,72)(H,59,69)(H,60,73)(H,61,75)(H,62,78)(H,63,79)(H,64,77)(H,65,76)/t28-,29-,30+,31-,32-,33-,34-,35-,36-,40-,41-/m0/s1. The van der Waals surface area contributed by atoms with E-state index in [9.17, 15) is 72.5 Å². The van der Waals surface area contributed by atoms with Crippen LogP contribution in [0.15, 0.2) is 0 Å². The van der Waals surface area contributed by atoms with Crippen molar-refractivity contribution in [3.8, 4) is 0 Å². The van der Waals surface area contributed by atoms with Crippen molar-refractivity contribution in [2.75, 3.05) is 25.4 Å². The highest BCUT2D eigenvalue weighted by Crippen LogP contribution is 2.12. The molecule has 0 aliphatic carbocycles. The summed E-state index contributed by atoms with van der Waals surface area (Å²) in [5.74, 6) is -11.2. The van der Waals surface area contributed by atoms with Gasteiger partial charge in [0.25, 0.3) is 0 Å². The van der Waals surface area contributed by atoms with Crippen molar-refractivity contribution >= 4 is 87.8 Å². The van der Waals surface area contributed by atoms with Crippen LogP contribution in [-0.4, -0.2) is 178 Å². The Morgan fingerprint density at radius 1 is 0.494 bits per heavy atom. The molecule has 0 aromatic heterocycles. The number of carbonyl (C=O) groups is 13. The van der Waals surface area contributed by atoms with Crippen LogP contribution in [0.1, 0.15) is 128 Å². The molecule has 0 aromatic rings. The van der Waals surface area contributed by atoms with Gasteiger partial charge in [0, 0.05) is 12.2 Å². The van der Waals surface area contributed by atoms with Crippen molar-refractivity contribution < 1.29 is 72.5 Å². The average Bonchev–Trinajstić information content (AvgIpc) is 3.35. The highest BCUT2D eigenvalue weighted by molar-refractivity contribution is 8.13. The number of hydrogen-bond acceptors (Lipinski definition) is 18. The molecule has 81 heavy (non-hydrogen) atoms. The molecule has 0 fully saturated rings. The fourth-order valence-corrected chi connectivity index (χ4v) is 8.40. The van der Waals surface area contributed by atoms with E-state index in [1.54, 1.807) is 27.7 Å². The second-order valence-electron chi connectivity index (χ2n) is 21.5. The number of hydrogen-bond donors (Lipinski definition) is 16. The van der Waals surface area contributed by atoms with Crippen LogP contribution in [0, 0.1) is 23.7 Å². The van der Waals surface area contributed by atoms with E-state index in [0.717, 1.165) is 18.7 Å². The first-order valence-electron chi connectivity index (χ1n) is 27.1. The summed E-state index contributed by atoms with van der Waals surface area (Å²) < 4.78 is 0. The van der Waals surface area contributed by atoms with E-state index in [0.29, 0.717) is 25.7 Å². The Balaban J connectivity index is 5.84. The molecule has 0 unspecified atom stereocenters. The second kappa shape index (κ2) is 38.2. The lowest BCUT2D eigenvalue weighted by atomic mass is 9.99. The van der Waals surface area contributed by atoms with E-state index in [-0.39, 0.29) is 49.3 Å². The molecular formula is C51H92N14O15S. The number of nitrogens with two attached hydrogens (primary N) is 4. The van der Waals surface area contributed by atoms with Crippen LogP contribution < -0.4 is 76.1 Å². The third kappa shape index (κ3) is 30.2. The van der Waals surface area contributed by atoms with E-state index >= 15 is 0 Å². The molecule has 0 rings (SSSR count). The summed E-state index contributed by atoms with van der Waals surface area (Å²) in [6.07, 6.45) is -0.982. The Morgan fingerprint density at radius 2 is 1.00 bits per heavy atom. The summed E-state index contributed by atoms with van der Waals surface area (Å²) in [6.45, 7) is 16.4. The Hall–Kier alpha value is -6.50. The molecule has 11 atom stereocenters. The van der Waals surface area contributed by atoms with Crippen molar-refractivity contribution in [1.29, 1.82) is 0 Å². The monoisotopic (exact) mass is 1170 g/mol. The number of thioether (sulfide) groups is 1. The SMILES string of the molecule is CC(C)C[C@H](NC(=O)CCSC(=O)[C@H](C)NC(=O)[C@H](C)NC(=O)CNC(=O)[C@H](CC(C)C)NC(=O)[C@@H](NC(=O)[C@H](CO)NC(=O)[C@@H](NC(=O)[C@H](CC(N)=O)NC(=O)[C@H](CCCCN)NC(=O)[C@@H](N)CC(C)C)[C@@H](C)O)C(C)C)C(N)=O. The predicted molar refractivity (Wildman–Crippen MR) is 300 cm³/mol. The van der Waals surface area contributed by atoms with Gasteiger partial charge in [-0.05, 0) is 89.5 Å². The first-order chi connectivity index (χ1) is 37.6. The summed E-state index contributed by atoms with van der Waals surface area (Å²) >= 11 is 0.781. The summed E-state index contributed by atoms with van der Waals surface area (Å²) in [6, 6.07) is -13.4. The zero-order chi connectivity index (χ0) is 62.4. The summed E-state index contributed by atoms with van der Waals surface area (Å²) in [5.41, 5.74) is 22.4. The maximum atomic E-state index is 13.8. The molecule has 0 saturated carbocycles. The highest BCUT2D eigenvalue weighted by atomic mass is 32.2. The lowest BCUT2D eigenvalue weighted by molar-refractivity contribution is -0.138. The van der Waals surface area contributed by atoms with E-state index in [1.165, 1.54) is 13.8 Å². The van der Waals surface area contributed by atoms with Gasteiger partial charge in [-0.15, -0.1) is 0 Å². The maximum Gasteiger partial charge on any atom is 0.245 e. The third-order valence-electron chi connectivity index (χ3n) is 12.0. The van der Waals surface area contributed by atoms with Crippen LogP contribution in [0.4, 0.5) is 0 Å². The van der Waals surface area contributed by atoms with E-state index < -0.39 is 168 Å². The quantitative estimate of drug-likeness (QED) is 0.0257. The zero-order valence-electron chi connectivity index (χ0n) is 48.6. The van der Waals surface area contributed by atoms with Gasteiger partial charge in [-0.3, -0.25) is 62.3 Å². The van der Waals surface area contributed by atoms with E-state index in [2.05, 4.69) is 53.2 Å². The Morgan fingerprint density at radius 3 is 1.52 bits per heavy atom. The van der Waals surface area contributed by atoms with Crippen LogP contribution in [0.2, 0.25) is 0 Å². The minimum absolute atomic E-state index is 0.0439. The summed E-state index contributed by atoms with van der Waals surface area (Å²) in [4.78, 5) is 169. The van der Waals surface area contributed by atoms with Crippen LogP contribution in [0.3, 0.4) is 0 Å². The fraction of sp³-hybridized carbons (Fsp3) is 0.745. The molecular weight excluding hydrogens is 1080 g/mol. The molecule has 29 nitrogen and oxygen atoms in total. The Bertz CT molecular complexity index is 2150. The van der Waals surface area contributed by atoms with Gasteiger partial charge in [0.2, 0.25) is 76.0 Å². The van der Waals surface area contributed by atoms with Gasteiger partial charge in [-0.1, -0.05) is 67.2 Å². The Labute approximate surface area is 478 Å². The van der Waals surface area contributed by atoms with Gasteiger partial charge in [0.05, 0.1) is 37.8 Å². The number of carbonyl (C=O) groups excluding carboxylic acids is 13. The minimum atomic E-state index is -1.88. The first-order valence-corrected chi connectivity index (χ1v) is 28.1. The van der Waals surface area contributed by atoms with E-state index in [4.69, 9.17) is 22.9 Å². The third-order valence-corrected chi connectivity index (χ3v) is 13.1. The average molecular weight is 1170 g/mol. The molecule has 12 amide bonds. The molecule has 462 valence electrons. The molecule has 0 aromatic carbocycles. The van der Waals surface area contributed by atoms with Crippen LogP contribution in [0.25, 0.3) is 0 Å². The molecule has 0 saturated heterocycles. The van der Waals surface area contributed by atoms with Crippen LogP contribution >= 0.6 is 11.8 Å². The number of rotatable bonds is 39. The first kappa shape index (κ1) is 74.5. The van der Waals surface area contributed by atoms with Gasteiger partial charge in [0.15, 0.2) is 0 Å². The molecule has 20 N–H and O–H groups in total. The molecule has 0 aliphatic rings.